The second kappa shape index (κ2) is 7.24. The van der Waals surface area contributed by atoms with Gasteiger partial charge in [0.1, 0.15) is 5.04 Å². The largest absolute Gasteiger partial charge is 0.317 e. The Labute approximate surface area is 168 Å². The lowest BCUT2D eigenvalue weighted by Crippen LogP contribution is -2.35. The number of aryl methyl sites for hydroxylation is 2. The second-order valence-corrected chi connectivity index (χ2v) is 7.88. The molecule has 3 heterocycles. The van der Waals surface area contributed by atoms with Crippen LogP contribution in [0.1, 0.15) is 36.6 Å². The molecule has 7 heteroatoms. The van der Waals surface area contributed by atoms with E-state index in [1.807, 2.05) is 29.0 Å². The van der Waals surface area contributed by atoms with Crippen LogP contribution in [-0.2, 0) is 4.79 Å². The molecule has 4 rings (SSSR count). The molecule has 0 radical (unpaired) electrons. The molecule has 0 unspecified atom stereocenters. The van der Waals surface area contributed by atoms with E-state index in [9.17, 15) is 4.79 Å². The van der Waals surface area contributed by atoms with Gasteiger partial charge in [0.15, 0.2) is 5.84 Å². The molecule has 6 nitrogen and oxygen atoms in total. The molecule has 0 spiro atoms. The summed E-state index contributed by atoms with van der Waals surface area (Å²) < 4.78 is 2.00. The van der Waals surface area contributed by atoms with Crippen LogP contribution in [0.3, 0.4) is 0 Å². The highest BCUT2D eigenvalue weighted by molar-refractivity contribution is 8.26. The summed E-state index contributed by atoms with van der Waals surface area (Å²) in [5.74, 6) is -0.328. The monoisotopic (exact) mass is 391 g/mol. The normalized spacial score (nSPS) is 17.8. The number of carbonyl (C=O) groups is 1. The van der Waals surface area contributed by atoms with Crippen LogP contribution in [0.4, 0.5) is 0 Å². The molecule has 1 aromatic carbocycles. The molecule has 1 aromatic heterocycles. The van der Waals surface area contributed by atoms with Crippen LogP contribution in [0.25, 0.3) is 11.8 Å². The molecule has 0 saturated carbocycles. The Kier molecular flexibility index (Phi) is 4.77. The summed E-state index contributed by atoms with van der Waals surface area (Å²) in [4.78, 5) is 16.7. The molecular weight excluding hydrogens is 370 g/mol. The predicted molar refractivity (Wildman–Crippen MR) is 115 cm³/mol. The number of hydrazone groups is 1. The van der Waals surface area contributed by atoms with Gasteiger partial charge in [-0.2, -0.15) is 15.1 Å². The molecule has 0 fully saturated rings. The third-order valence-corrected chi connectivity index (χ3v) is 5.77. The Hall–Kier alpha value is -2.93. The molecule has 0 bridgehead atoms. The summed E-state index contributed by atoms with van der Waals surface area (Å²) in [5, 5.41) is 15.8. The Morgan fingerprint density at radius 3 is 2.79 bits per heavy atom. The topological polar surface area (TPSA) is 73.8 Å². The van der Waals surface area contributed by atoms with Crippen molar-refractivity contribution in [3.05, 3.63) is 58.9 Å². The molecule has 1 N–H and O–H groups in total. The summed E-state index contributed by atoms with van der Waals surface area (Å²) in [7, 11) is 0. The van der Waals surface area contributed by atoms with Gasteiger partial charge in [-0.05, 0) is 79.9 Å². The highest BCUT2D eigenvalue weighted by Crippen LogP contribution is 2.30. The minimum atomic E-state index is -0.399. The van der Waals surface area contributed by atoms with Crippen LogP contribution in [0, 0.1) is 19.3 Å². The standard InChI is InChI=1S/C21H21N5OS/c1-4-6-18-24-26-19(22)17(20(27)23-21(26)28-18)12-15-7-5-10-25(15)16-9-8-13(2)14(3)11-16/h5,7-12,22H,4,6H2,1-3H3/b17-12+,22-19?. The van der Waals surface area contributed by atoms with Gasteiger partial charge in [0.25, 0.3) is 5.91 Å². The van der Waals surface area contributed by atoms with Crippen molar-refractivity contribution < 1.29 is 4.79 Å². The van der Waals surface area contributed by atoms with Crippen molar-refractivity contribution >= 4 is 39.8 Å². The average molecular weight is 392 g/mol. The maximum Gasteiger partial charge on any atom is 0.283 e. The lowest BCUT2D eigenvalue weighted by Gasteiger charge is -2.20. The van der Waals surface area contributed by atoms with E-state index in [4.69, 9.17) is 5.41 Å². The Morgan fingerprint density at radius 1 is 1.21 bits per heavy atom. The van der Waals surface area contributed by atoms with Crippen molar-refractivity contribution in [1.82, 2.24) is 9.58 Å². The van der Waals surface area contributed by atoms with Crippen LogP contribution in [0.15, 0.2) is 52.2 Å². The second-order valence-electron chi connectivity index (χ2n) is 6.84. The van der Waals surface area contributed by atoms with Crippen molar-refractivity contribution in [2.24, 2.45) is 10.1 Å². The molecule has 2 aliphatic heterocycles. The van der Waals surface area contributed by atoms with E-state index < -0.39 is 5.91 Å². The lowest BCUT2D eigenvalue weighted by molar-refractivity contribution is -0.114. The summed E-state index contributed by atoms with van der Waals surface area (Å²) in [6.45, 7) is 6.23. The zero-order chi connectivity index (χ0) is 19.8. The van der Waals surface area contributed by atoms with Gasteiger partial charge in [0.05, 0.1) is 5.57 Å². The van der Waals surface area contributed by atoms with Crippen molar-refractivity contribution in [1.29, 1.82) is 5.41 Å². The van der Waals surface area contributed by atoms with Crippen LogP contribution in [-0.4, -0.2) is 31.5 Å². The molecule has 28 heavy (non-hydrogen) atoms. The quantitative estimate of drug-likeness (QED) is 0.779. The summed E-state index contributed by atoms with van der Waals surface area (Å²) in [5.41, 5.74) is 4.51. The van der Waals surface area contributed by atoms with E-state index in [1.165, 1.54) is 27.9 Å². The van der Waals surface area contributed by atoms with Crippen molar-refractivity contribution in [3.8, 4) is 5.69 Å². The van der Waals surface area contributed by atoms with E-state index in [0.717, 1.165) is 29.3 Å². The van der Waals surface area contributed by atoms with Gasteiger partial charge >= 0.3 is 0 Å². The number of aromatic nitrogens is 1. The number of thioether (sulfide) groups is 1. The van der Waals surface area contributed by atoms with Crippen LogP contribution in [0.2, 0.25) is 0 Å². The number of amidine groups is 2. The van der Waals surface area contributed by atoms with Crippen molar-refractivity contribution in [3.63, 3.8) is 0 Å². The molecule has 2 aromatic rings. The predicted octanol–water partition coefficient (Wildman–Crippen LogP) is 4.51. The molecule has 0 saturated heterocycles. The number of benzene rings is 1. The first-order chi connectivity index (χ1) is 13.5. The minimum Gasteiger partial charge on any atom is -0.317 e. The summed E-state index contributed by atoms with van der Waals surface area (Å²) in [6, 6.07) is 10.1. The number of amides is 1. The molecule has 0 aliphatic carbocycles. The summed E-state index contributed by atoms with van der Waals surface area (Å²) in [6.07, 6.45) is 5.44. The maximum absolute atomic E-state index is 12.6. The van der Waals surface area contributed by atoms with Crippen LogP contribution < -0.4 is 0 Å². The number of hydrogen-bond acceptors (Lipinski definition) is 4. The Bertz CT molecular complexity index is 1080. The van der Waals surface area contributed by atoms with Gasteiger partial charge < -0.3 is 4.57 Å². The summed E-state index contributed by atoms with van der Waals surface area (Å²) >= 11 is 1.37. The lowest BCUT2D eigenvalue weighted by atomic mass is 10.1. The minimum absolute atomic E-state index is 0.0708. The molecule has 142 valence electrons. The molecular formula is C21H21N5OS. The Morgan fingerprint density at radius 2 is 2.04 bits per heavy atom. The third kappa shape index (κ3) is 3.22. The number of nitrogens with one attached hydrogen (secondary N) is 1. The molecule has 0 atom stereocenters. The van der Waals surface area contributed by atoms with Gasteiger partial charge in [-0.25, -0.2) is 0 Å². The van der Waals surface area contributed by atoms with Gasteiger partial charge in [0.2, 0.25) is 5.17 Å². The number of nitrogens with zero attached hydrogens (tertiary/aromatic N) is 4. The van der Waals surface area contributed by atoms with Crippen LogP contribution in [0.5, 0.6) is 0 Å². The van der Waals surface area contributed by atoms with E-state index in [0.29, 0.717) is 5.17 Å². The van der Waals surface area contributed by atoms with E-state index in [-0.39, 0.29) is 11.4 Å². The number of carbonyl (C=O) groups excluding carboxylic acids is 1. The van der Waals surface area contributed by atoms with Gasteiger partial charge in [-0.15, -0.1) is 0 Å². The molecule has 2 aliphatic rings. The first-order valence-corrected chi connectivity index (χ1v) is 10.0. The maximum atomic E-state index is 12.6. The highest BCUT2D eigenvalue weighted by Gasteiger charge is 2.35. The fourth-order valence-electron chi connectivity index (χ4n) is 3.12. The van der Waals surface area contributed by atoms with Crippen molar-refractivity contribution in [2.45, 2.75) is 33.6 Å². The first kappa shape index (κ1) is 18.4. The zero-order valence-electron chi connectivity index (χ0n) is 16.1. The number of fused-ring (bicyclic) bond motifs is 1. The number of aliphatic imine (C=N–C) groups is 1. The average Bonchev–Trinajstić information content (AvgIpc) is 3.28. The smallest absolute Gasteiger partial charge is 0.283 e. The first-order valence-electron chi connectivity index (χ1n) is 9.22. The van der Waals surface area contributed by atoms with Gasteiger partial charge in [-0.1, -0.05) is 13.0 Å². The fraction of sp³-hybridized carbons (Fsp3) is 0.238. The fourth-order valence-corrected chi connectivity index (χ4v) is 4.10. The highest BCUT2D eigenvalue weighted by atomic mass is 32.2. The molecule has 1 amide bonds. The van der Waals surface area contributed by atoms with Crippen LogP contribution >= 0.6 is 11.8 Å². The van der Waals surface area contributed by atoms with Gasteiger partial charge in [0, 0.05) is 17.6 Å². The van der Waals surface area contributed by atoms with Gasteiger partial charge in [-0.3, -0.25) is 10.2 Å². The van der Waals surface area contributed by atoms with E-state index >= 15 is 0 Å². The SMILES string of the molecule is CCCC1=NN2C(=N)/C(=C\c3cccn3-c3ccc(C)c(C)c3)C(=O)N=C2S1. The number of hydrogen-bond donors (Lipinski definition) is 1. The van der Waals surface area contributed by atoms with E-state index in [1.54, 1.807) is 6.08 Å². The van der Waals surface area contributed by atoms with Crippen molar-refractivity contribution in [2.75, 3.05) is 0 Å². The zero-order valence-corrected chi connectivity index (χ0v) is 16.9. The van der Waals surface area contributed by atoms with E-state index in [2.05, 4.69) is 43.0 Å². The Balaban J connectivity index is 1.71. The number of rotatable bonds is 4. The third-order valence-electron chi connectivity index (χ3n) is 4.80.